The lowest BCUT2D eigenvalue weighted by atomic mass is 10.2. The first-order valence-corrected chi connectivity index (χ1v) is 6.07. The molecule has 0 aliphatic carbocycles. The zero-order chi connectivity index (χ0) is 12.0. The maximum atomic E-state index is 11.8. The molecule has 0 saturated carbocycles. The monoisotopic (exact) mass is 231 g/mol. The molecule has 1 amide bonds. The predicted octanol–water partition coefficient (Wildman–Crippen LogP) is -3.45. The van der Waals surface area contributed by atoms with Gasteiger partial charge in [-0.05, 0) is 6.92 Å². The summed E-state index contributed by atoms with van der Waals surface area (Å²) >= 11 is 0. The van der Waals surface area contributed by atoms with Crippen LogP contribution < -0.4 is 15.1 Å². The maximum Gasteiger partial charge on any atom is 0.278 e. The maximum absolute atomic E-state index is 11.8. The number of hydrogen-bond acceptors (Lipinski definition) is 2. The van der Waals surface area contributed by atoms with E-state index in [-0.39, 0.29) is 11.9 Å². The Morgan fingerprint density at radius 1 is 1.38 bits per heavy atom. The first-order chi connectivity index (χ1) is 7.65. The highest BCUT2D eigenvalue weighted by Gasteiger charge is 2.29. The lowest BCUT2D eigenvalue weighted by Crippen LogP contribution is -3.29. The third-order valence-electron chi connectivity index (χ3n) is 3.36. The minimum absolute atomic E-state index is 0.0601. The number of amides is 1. The van der Waals surface area contributed by atoms with Gasteiger partial charge in [-0.3, -0.25) is 4.79 Å². The number of carbonyl (C=O) groups excluding carboxylic acids is 1. The van der Waals surface area contributed by atoms with Gasteiger partial charge in [-0.25, -0.2) is 0 Å². The van der Waals surface area contributed by atoms with Crippen LogP contribution >= 0.6 is 0 Å². The van der Waals surface area contributed by atoms with E-state index in [1.54, 1.807) is 12.0 Å². The van der Waals surface area contributed by atoms with Crippen LogP contribution in [0.2, 0.25) is 0 Å². The smallest absolute Gasteiger partial charge is 0.278 e. The van der Waals surface area contributed by atoms with Crippen LogP contribution in [0.4, 0.5) is 0 Å². The number of piperazine rings is 1. The van der Waals surface area contributed by atoms with Crippen LogP contribution in [0.5, 0.6) is 0 Å². The van der Waals surface area contributed by atoms with Crippen molar-refractivity contribution in [2.45, 2.75) is 13.0 Å². The summed E-state index contributed by atoms with van der Waals surface area (Å²) in [5.74, 6) is 0.145. The Hall–Kier alpha value is -0.650. The third-order valence-corrected chi connectivity index (χ3v) is 3.36. The lowest BCUT2D eigenvalue weighted by Gasteiger charge is -2.30. The molecule has 16 heavy (non-hydrogen) atoms. The second kappa shape index (κ2) is 6.83. The SMILES string of the molecule is COCCNC(=O)[C@@H](C)[NH+]1CC[NH+](C)CC1. The molecule has 0 unspecified atom stereocenters. The Balaban J connectivity index is 2.27. The van der Waals surface area contributed by atoms with E-state index < -0.39 is 0 Å². The Kier molecular flexibility index (Phi) is 5.73. The quantitative estimate of drug-likeness (QED) is 0.431. The number of ether oxygens (including phenoxy) is 1. The summed E-state index contributed by atoms with van der Waals surface area (Å²) < 4.78 is 4.91. The highest BCUT2D eigenvalue weighted by molar-refractivity contribution is 5.79. The van der Waals surface area contributed by atoms with Crippen molar-refractivity contribution < 1.29 is 19.3 Å². The third kappa shape index (κ3) is 4.08. The van der Waals surface area contributed by atoms with Gasteiger partial charge in [0.15, 0.2) is 6.04 Å². The Morgan fingerprint density at radius 3 is 2.56 bits per heavy atom. The van der Waals surface area contributed by atoms with Crippen molar-refractivity contribution in [3.63, 3.8) is 0 Å². The van der Waals surface area contributed by atoms with Gasteiger partial charge in [-0.2, -0.15) is 0 Å². The van der Waals surface area contributed by atoms with Crippen LogP contribution in [0.3, 0.4) is 0 Å². The molecule has 0 radical (unpaired) electrons. The molecular formula is C11H25N3O2+2. The molecule has 0 spiro atoms. The van der Waals surface area contributed by atoms with Crippen LogP contribution in [-0.4, -0.2) is 65.4 Å². The Bertz CT molecular complexity index is 215. The minimum Gasteiger partial charge on any atom is -0.383 e. The van der Waals surface area contributed by atoms with Crippen LogP contribution in [0.25, 0.3) is 0 Å². The van der Waals surface area contributed by atoms with E-state index in [1.807, 2.05) is 6.92 Å². The van der Waals surface area contributed by atoms with E-state index in [0.29, 0.717) is 13.2 Å². The number of likely N-dealkylation sites (N-methyl/N-ethyl adjacent to an activating group) is 1. The van der Waals surface area contributed by atoms with Crippen molar-refractivity contribution in [3.8, 4) is 0 Å². The molecule has 1 heterocycles. The largest absolute Gasteiger partial charge is 0.383 e. The summed E-state index contributed by atoms with van der Waals surface area (Å²) in [5, 5.41) is 2.90. The van der Waals surface area contributed by atoms with E-state index in [2.05, 4.69) is 12.4 Å². The number of carbonyl (C=O) groups is 1. The van der Waals surface area contributed by atoms with Gasteiger partial charge < -0.3 is 19.9 Å². The standard InChI is InChI=1S/C11H23N3O2/c1-10(11(15)12-4-9-16-3)14-7-5-13(2)6-8-14/h10H,4-9H2,1-3H3,(H,12,15)/p+2/t10-/m1/s1. The number of methoxy groups -OCH3 is 1. The second-order valence-electron chi connectivity index (χ2n) is 4.62. The lowest BCUT2D eigenvalue weighted by molar-refractivity contribution is -1.01. The van der Waals surface area contributed by atoms with E-state index >= 15 is 0 Å². The summed E-state index contributed by atoms with van der Waals surface area (Å²) in [7, 11) is 3.85. The van der Waals surface area contributed by atoms with Gasteiger partial charge in [0.25, 0.3) is 5.91 Å². The van der Waals surface area contributed by atoms with Crippen molar-refractivity contribution in [1.82, 2.24) is 5.32 Å². The van der Waals surface area contributed by atoms with Gasteiger partial charge in [0.05, 0.1) is 13.7 Å². The van der Waals surface area contributed by atoms with E-state index in [0.717, 1.165) is 26.2 Å². The Morgan fingerprint density at radius 2 is 2.00 bits per heavy atom. The van der Waals surface area contributed by atoms with Crippen LogP contribution in [0, 0.1) is 0 Å². The number of nitrogens with one attached hydrogen (secondary N) is 3. The summed E-state index contributed by atoms with van der Waals surface area (Å²) in [5.41, 5.74) is 0. The molecule has 1 rings (SSSR count). The van der Waals surface area contributed by atoms with E-state index in [9.17, 15) is 4.79 Å². The zero-order valence-corrected chi connectivity index (χ0v) is 10.6. The van der Waals surface area contributed by atoms with Gasteiger partial charge in [-0.15, -0.1) is 0 Å². The van der Waals surface area contributed by atoms with Crippen LogP contribution in [-0.2, 0) is 9.53 Å². The van der Waals surface area contributed by atoms with Crippen molar-refractivity contribution in [2.24, 2.45) is 0 Å². The molecule has 0 aromatic heterocycles. The second-order valence-corrected chi connectivity index (χ2v) is 4.62. The highest BCUT2D eigenvalue weighted by Crippen LogP contribution is 1.77. The normalized spacial score (nSPS) is 27.4. The molecule has 0 aromatic rings. The molecule has 0 bridgehead atoms. The van der Waals surface area contributed by atoms with Crippen molar-refractivity contribution in [1.29, 1.82) is 0 Å². The fourth-order valence-corrected chi connectivity index (χ4v) is 2.05. The predicted molar refractivity (Wildman–Crippen MR) is 61.7 cm³/mol. The number of quaternary nitrogens is 2. The first kappa shape index (κ1) is 13.4. The molecule has 5 nitrogen and oxygen atoms in total. The molecule has 1 saturated heterocycles. The molecule has 94 valence electrons. The van der Waals surface area contributed by atoms with Gasteiger partial charge in [-0.1, -0.05) is 0 Å². The molecule has 3 N–H and O–H groups in total. The van der Waals surface area contributed by atoms with Crippen molar-refractivity contribution in [2.75, 3.05) is 53.5 Å². The Labute approximate surface area is 97.7 Å². The molecule has 1 atom stereocenters. The highest BCUT2D eigenvalue weighted by atomic mass is 16.5. The van der Waals surface area contributed by atoms with Crippen LogP contribution in [0.15, 0.2) is 0 Å². The fraction of sp³-hybridized carbons (Fsp3) is 0.909. The molecule has 5 heteroatoms. The molecule has 1 fully saturated rings. The summed E-state index contributed by atoms with van der Waals surface area (Å²) in [6, 6.07) is 0.0601. The number of rotatable bonds is 5. The first-order valence-electron chi connectivity index (χ1n) is 6.07. The summed E-state index contributed by atoms with van der Waals surface area (Å²) in [6.45, 7) is 7.70. The topological polar surface area (TPSA) is 47.2 Å². The molecular weight excluding hydrogens is 206 g/mol. The molecule has 1 aliphatic rings. The molecule has 1 aliphatic heterocycles. The van der Waals surface area contributed by atoms with Gasteiger partial charge in [0.2, 0.25) is 0 Å². The van der Waals surface area contributed by atoms with Crippen molar-refractivity contribution >= 4 is 5.91 Å². The average Bonchev–Trinajstić information content (AvgIpc) is 2.29. The zero-order valence-electron chi connectivity index (χ0n) is 10.6. The van der Waals surface area contributed by atoms with E-state index in [1.165, 1.54) is 4.90 Å². The summed E-state index contributed by atoms with van der Waals surface area (Å²) in [6.07, 6.45) is 0. The van der Waals surface area contributed by atoms with Crippen LogP contribution in [0.1, 0.15) is 6.92 Å². The van der Waals surface area contributed by atoms with Crippen molar-refractivity contribution in [3.05, 3.63) is 0 Å². The fourth-order valence-electron chi connectivity index (χ4n) is 2.05. The molecule has 0 aromatic carbocycles. The van der Waals surface area contributed by atoms with Gasteiger partial charge in [0.1, 0.15) is 26.2 Å². The van der Waals surface area contributed by atoms with Gasteiger partial charge in [0, 0.05) is 13.7 Å². The van der Waals surface area contributed by atoms with Gasteiger partial charge >= 0.3 is 0 Å². The summed E-state index contributed by atoms with van der Waals surface area (Å²) in [4.78, 5) is 14.8. The number of hydrogen-bond donors (Lipinski definition) is 3. The average molecular weight is 231 g/mol. The van der Waals surface area contributed by atoms with E-state index in [4.69, 9.17) is 4.74 Å². The minimum atomic E-state index is 0.0601.